The summed E-state index contributed by atoms with van der Waals surface area (Å²) in [4.78, 5) is 29.0. The summed E-state index contributed by atoms with van der Waals surface area (Å²) in [5, 5.41) is -0.359. The van der Waals surface area contributed by atoms with Crippen molar-refractivity contribution in [1.82, 2.24) is 9.88 Å². The topological polar surface area (TPSA) is 59.5 Å². The molecule has 1 aromatic heterocycles. The maximum absolute atomic E-state index is 13.0. The van der Waals surface area contributed by atoms with E-state index in [1.54, 1.807) is 20.8 Å². The lowest BCUT2D eigenvalue weighted by Crippen LogP contribution is -2.39. The highest BCUT2D eigenvalue weighted by atomic mass is 35.5. The van der Waals surface area contributed by atoms with E-state index in [0.29, 0.717) is 12.4 Å². The van der Waals surface area contributed by atoms with Crippen molar-refractivity contribution in [2.75, 3.05) is 13.1 Å². The Balaban J connectivity index is 2.33. The zero-order valence-electron chi connectivity index (χ0n) is 14.0. The predicted molar refractivity (Wildman–Crippen MR) is 84.4 cm³/mol. The molecule has 0 N–H and O–H groups in total. The van der Waals surface area contributed by atoms with Gasteiger partial charge >= 0.3 is 12.3 Å². The van der Waals surface area contributed by atoms with Crippen LogP contribution >= 0.6 is 11.6 Å². The standard InChI is InChI=1S/C16H18ClF3N2O3/c1-14(2,3)25-13(24)22-5-4-15(8-22,9-23)11-6-10(16(18,19)20)7-12(17)21-11/h6-7,9H,4-5,8H2,1-3H3. The molecule has 1 aliphatic rings. The van der Waals surface area contributed by atoms with E-state index in [-0.39, 0.29) is 30.4 Å². The molecule has 5 nitrogen and oxygen atoms in total. The summed E-state index contributed by atoms with van der Waals surface area (Å²) in [5.74, 6) is 0. The molecule has 0 radical (unpaired) electrons. The van der Waals surface area contributed by atoms with E-state index in [0.717, 1.165) is 6.07 Å². The first-order valence-electron chi connectivity index (χ1n) is 7.56. The first kappa shape index (κ1) is 19.5. The molecule has 25 heavy (non-hydrogen) atoms. The van der Waals surface area contributed by atoms with E-state index in [4.69, 9.17) is 16.3 Å². The van der Waals surface area contributed by atoms with Gasteiger partial charge in [0, 0.05) is 13.1 Å². The number of alkyl halides is 3. The molecule has 1 saturated heterocycles. The minimum atomic E-state index is -4.62. The second-order valence-electron chi connectivity index (χ2n) is 6.99. The Morgan fingerprint density at radius 3 is 2.52 bits per heavy atom. The molecule has 0 bridgehead atoms. The van der Waals surface area contributed by atoms with Gasteiger partial charge < -0.3 is 14.4 Å². The molecule has 1 fully saturated rings. The number of ether oxygens (including phenoxy) is 1. The molecule has 0 spiro atoms. The fourth-order valence-electron chi connectivity index (χ4n) is 2.60. The number of amides is 1. The van der Waals surface area contributed by atoms with Crippen LogP contribution in [-0.2, 0) is 21.1 Å². The van der Waals surface area contributed by atoms with Crippen LogP contribution in [0.15, 0.2) is 12.1 Å². The first-order valence-corrected chi connectivity index (χ1v) is 7.94. The number of hydrogen-bond acceptors (Lipinski definition) is 4. The molecular weight excluding hydrogens is 361 g/mol. The van der Waals surface area contributed by atoms with E-state index in [1.807, 2.05) is 0 Å². The third kappa shape index (κ3) is 4.42. The van der Waals surface area contributed by atoms with E-state index in [9.17, 15) is 22.8 Å². The number of halogens is 4. The number of carbonyl (C=O) groups is 2. The molecule has 0 aliphatic carbocycles. The molecular formula is C16H18ClF3N2O3. The van der Waals surface area contributed by atoms with Crippen molar-refractivity contribution in [1.29, 1.82) is 0 Å². The van der Waals surface area contributed by atoms with Crippen molar-refractivity contribution in [3.05, 3.63) is 28.5 Å². The van der Waals surface area contributed by atoms with Crippen LogP contribution in [-0.4, -0.2) is 41.0 Å². The van der Waals surface area contributed by atoms with Crippen LogP contribution in [0.1, 0.15) is 38.4 Å². The summed E-state index contributed by atoms with van der Waals surface area (Å²) < 4.78 is 44.2. The SMILES string of the molecule is CC(C)(C)OC(=O)N1CCC(C=O)(c2cc(C(F)(F)F)cc(Cl)n2)C1. The first-order chi connectivity index (χ1) is 11.4. The maximum atomic E-state index is 13.0. The third-order valence-electron chi connectivity index (χ3n) is 3.81. The fraction of sp³-hybridized carbons (Fsp3) is 0.562. The molecule has 1 amide bonds. The molecule has 1 aliphatic heterocycles. The molecule has 138 valence electrons. The normalized spacial score (nSPS) is 21.3. The zero-order valence-corrected chi connectivity index (χ0v) is 14.7. The number of aromatic nitrogens is 1. The Kier molecular flexibility index (Phi) is 5.05. The quantitative estimate of drug-likeness (QED) is 0.579. The largest absolute Gasteiger partial charge is 0.444 e. The molecule has 1 aromatic rings. The average Bonchev–Trinajstić information content (AvgIpc) is 2.90. The highest BCUT2D eigenvalue weighted by Crippen LogP contribution is 2.37. The van der Waals surface area contributed by atoms with Crippen LogP contribution in [0.3, 0.4) is 0 Å². The van der Waals surface area contributed by atoms with E-state index in [1.165, 1.54) is 4.90 Å². The summed E-state index contributed by atoms with van der Waals surface area (Å²) in [6.07, 6.45) is -4.58. The van der Waals surface area contributed by atoms with Crippen molar-refractivity contribution in [2.24, 2.45) is 0 Å². The van der Waals surface area contributed by atoms with Crippen LogP contribution in [0, 0.1) is 0 Å². The monoisotopic (exact) mass is 378 g/mol. The Morgan fingerprint density at radius 2 is 2.00 bits per heavy atom. The molecule has 0 aromatic carbocycles. The summed E-state index contributed by atoms with van der Waals surface area (Å²) in [7, 11) is 0. The van der Waals surface area contributed by atoms with Gasteiger partial charge in [0.25, 0.3) is 0 Å². The number of likely N-dealkylation sites (tertiary alicyclic amines) is 1. The van der Waals surface area contributed by atoms with Gasteiger partial charge in [-0.05, 0) is 39.3 Å². The van der Waals surface area contributed by atoms with Crippen molar-refractivity contribution in [2.45, 2.75) is 44.4 Å². The van der Waals surface area contributed by atoms with Gasteiger partial charge in [-0.25, -0.2) is 9.78 Å². The number of nitrogens with zero attached hydrogens (tertiary/aromatic N) is 2. The summed E-state index contributed by atoms with van der Waals surface area (Å²) in [5.41, 5.74) is -3.16. The lowest BCUT2D eigenvalue weighted by atomic mass is 9.84. The summed E-state index contributed by atoms with van der Waals surface area (Å²) >= 11 is 5.71. The van der Waals surface area contributed by atoms with E-state index in [2.05, 4.69) is 4.98 Å². The van der Waals surface area contributed by atoms with Crippen LogP contribution < -0.4 is 0 Å². The predicted octanol–water partition coefficient (Wildman–Crippen LogP) is 3.83. The lowest BCUT2D eigenvalue weighted by Gasteiger charge is -2.26. The summed E-state index contributed by atoms with van der Waals surface area (Å²) in [6.45, 7) is 5.14. The van der Waals surface area contributed by atoms with Crippen LogP contribution in [0.4, 0.5) is 18.0 Å². The smallest absolute Gasteiger partial charge is 0.416 e. The minimum absolute atomic E-state index is 0.103. The molecule has 1 atom stereocenters. The van der Waals surface area contributed by atoms with Crippen LogP contribution in [0.2, 0.25) is 5.15 Å². The Bertz CT molecular complexity index is 688. The highest BCUT2D eigenvalue weighted by molar-refractivity contribution is 6.29. The second kappa shape index (κ2) is 6.48. The molecule has 0 saturated carbocycles. The van der Waals surface area contributed by atoms with Gasteiger partial charge in [0.1, 0.15) is 17.0 Å². The maximum Gasteiger partial charge on any atom is 0.416 e. The van der Waals surface area contributed by atoms with Gasteiger partial charge in [0.15, 0.2) is 0 Å². The molecule has 2 heterocycles. The van der Waals surface area contributed by atoms with Crippen molar-refractivity contribution >= 4 is 24.0 Å². The number of hydrogen-bond donors (Lipinski definition) is 0. The van der Waals surface area contributed by atoms with Gasteiger partial charge in [-0.15, -0.1) is 0 Å². The molecule has 1 unspecified atom stereocenters. The number of aldehydes is 1. The van der Waals surface area contributed by atoms with Crippen molar-refractivity contribution in [3.8, 4) is 0 Å². The summed E-state index contributed by atoms with van der Waals surface area (Å²) in [6, 6.07) is 1.50. The number of rotatable bonds is 2. The van der Waals surface area contributed by atoms with Gasteiger partial charge in [0.05, 0.1) is 16.7 Å². The van der Waals surface area contributed by atoms with Gasteiger partial charge in [0.2, 0.25) is 0 Å². The Labute approximate surface area is 148 Å². The van der Waals surface area contributed by atoms with Gasteiger partial charge in [-0.2, -0.15) is 13.2 Å². The molecule has 2 rings (SSSR count). The Hall–Kier alpha value is -1.83. The van der Waals surface area contributed by atoms with Crippen LogP contribution in [0.5, 0.6) is 0 Å². The molecule has 9 heteroatoms. The Morgan fingerprint density at radius 1 is 1.36 bits per heavy atom. The third-order valence-corrected chi connectivity index (χ3v) is 4.00. The van der Waals surface area contributed by atoms with Crippen molar-refractivity contribution < 1.29 is 27.5 Å². The van der Waals surface area contributed by atoms with E-state index < -0.39 is 28.8 Å². The number of pyridine rings is 1. The number of carbonyl (C=O) groups excluding carboxylic acids is 2. The van der Waals surface area contributed by atoms with E-state index >= 15 is 0 Å². The lowest BCUT2D eigenvalue weighted by molar-refractivity contribution is -0.137. The second-order valence-corrected chi connectivity index (χ2v) is 7.37. The van der Waals surface area contributed by atoms with Gasteiger partial charge in [-0.3, -0.25) is 0 Å². The average molecular weight is 379 g/mol. The zero-order chi connectivity index (χ0) is 19.0. The minimum Gasteiger partial charge on any atom is -0.444 e. The van der Waals surface area contributed by atoms with Crippen LogP contribution in [0.25, 0.3) is 0 Å². The van der Waals surface area contributed by atoms with Crippen molar-refractivity contribution in [3.63, 3.8) is 0 Å². The fourth-order valence-corrected chi connectivity index (χ4v) is 2.81. The van der Waals surface area contributed by atoms with Gasteiger partial charge in [-0.1, -0.05) is 11.6 Å². The highest BCUT2D eigenvalue weighted by Gasteiger charge is 2.45.